The van der Waals surface area contributed by atoms with E-state index in [-0.39, 0.29) is 0 Å². The van der Waals surface area contributed by atoms with Gasteiger partial charge in [-0.05, 0) is 17.5 Å². The van der Waals surface area contributed by atoms with Gasteiger partial charge in [0.05, 0.1) is 6.20 Å². The molecule has 0 unspecified atom stereocenters. The summed E-state index contributed by atoms with van der Waals surface area (Å²) in [5.41, 5.74) is 3.95. The van der Waals surface area contributed by atoms with E-state index in [0.29, 0.717) is 0 Å². The van der Waals surface area contributed by atoms with Crippen LogP contribution in [0.2, 0.25) is 0 Å². The molecular weight excluding hydrogens is 222 g/mol. The third-order valence-corrected chi connectivity index (χ3v) is 2.99. The largest absolute Gasteiger partial charge is 0.308 e. The first-order valence-electron chi connectivity index (χ1n) is 6.26. The molecule has 0 aliphatic carbocycles. The van der Waals surface area contributed by atoms with E-state index in [4.69, 9.17) is 0 Å². The Balaban J connectivity index is 1.90. The van der Waals surface area contributed by atoms with Gasteiger partial charge in [-0.1, -0.05) is 37.8 Å². The average molecular weight is 241 g/mol. The second kappa shape index (κ2) is 6.17. The van der Waals surface area contributed by atoms with Crippen molar-refractivity contribution in [1.82, 2.24) is 15.1 Å². The zero-order valence-corrected chi connectivity index (χ0v) is 10.8. The van der Waals surface area contributed by atoms with Crippen molar-refractivity contribution >= 4 is 6.20 Å². The SMILES string of the molecule is C=Cn1cc(CNCc2ccccc2CC)cn1. The number of aryl methyl sites for hydroxylation is 1. The maximum absolute atomic E-state index is 4.15. The summed E-state index contributed by atoms with van der Waals surface area (Å²) in [6.45, 7) is 7.58. The molecule has 94 valence electrons. The number of hydrogen-bond donors (Lipinski definition) is 1. The van der Waals surface area contributed by atoms with Crippen LogP contribution >= 0.6 is 0 Å². The van der Waals surface area contributed by atoms with Crippen molar-refractivity contribution in [2.75, 3.05) is 0 Å². The van der Waals surface area contributed by atoms with Gasteiger partial charge in [-0.3, -0.25) is 0 Å². The predicted molar refractivity (Wildman–Crippen MR) is 75.0 cm³/mol. The van der Waals surface area contributed by atoms with E-state index in [1.54, 1.807) is 10.9 Å². The monoisotopic (exact) mass is 241 g/mol. The highest BCUT2D eigenvalue weighted by atomic mass is 15.2. The molecule has 0 saturated heterocycles. The van der Waals surface area contributed by atoms with Crippen LogP contribution in [0.4, 0.5) is 0 Å². The molecule has 1 N–H and O–H groups in total. The molecule has 2 aromatic rings. The smallest absolute Gasteiger partial charge is 0.0538 e. The zero-order chi connectivity index (χ0) is 12.8. The second-order valence-electron chi connectivity index (χ2n) is 4.24. The lowest BCUT2D eigenvalue weighted by Gasteiger charge is -2.08. The number of benzene rings is 1. The first-order valence-corrected chi connectivity index (χ1v) is 6.26. The van der Waals surface area contributed by atoms with Gasteiger partial charge in [-0.15, -0.1) is 0 Å². The topological polar surface area (TPSA) is 29.9 Å². The molecule has 1 aromatic carbocycles. The van der Waals surface area contributed by atoms with Crippen LogP contribution in [0.3, 0.4) is 0 Å². The lowest BCUT2D eigenvalue weighted by Crippen LogP contribution is -2.13. The Bertz CT molecular complexity index is 514. The second-order valence-corrected chi connectivity index (χ2v) is 4.24. The summed E-state index contributed by atoms with van der Waals surface area (Å²) in [5.74, 6) is 0. The zero-order valence-electron chi connectivity index (χ0n) is 10.8. The van der Waals surface area contributed by atoms with Crippen LogP contribution in [-0.4, -0.2) is 9.78 Å². The quantitative estimate of drug-likeness (QED) is 0.842. The van der Waals surface area contributed by atoms with Gasteiger partial charge in [0.25, 0.3) is 0 Å². The fourth-order valence-electron chi connectivity index (χ4n) is 1.98. The van der Waals surface area contributed by atoms with E-state index in [1.165, 1.54) is 16.7 Å². The molecule has 1 aromatic heterocycles. The molecule has 0 atom stereocenters. The fourth-order valence-corrected chi connectivity index (χ4v) is 1.98. The van der Waals surface area contributed by atoms with E-state index in [9.17, 15) is 0 Å². The molecule has 0 radical (unpaired) electrons. The summed E-state index contributed by atoms with van der Waals surface area (Å²) < 4.78 is 1.72. The molecule has 2 rings (SSSR count). The van der Waals surface area contributed by atoms with Crippen molar-refractivity contribution in [2.45, 2.75) is 26.4 Å². The standard InChI is InChI=1S/C15H19N3/c1-3-14-7-5-6-8-15(14)11-16-9-13-10-17-18(4-2)12-13/h4-8,10,12,16H,2-3,9,11H2,1H3. The van der Waals surface area contributed by atoms with Crippen molar-refractivity contribution < 1.29 is 0 Å². The molecule has 0 aliphatic heterocycles. The Morgan fingerprint density at radius 2 is 2.06 bits per heavy atom. The minimum absolute atomic E-state index is 0.825. The third kappa shape index (κ3) is 3.08. The Kier molecular flexibility index (Phi) is 4.31. The van der Waals surface area contributed by atoms with Gasteiger partial charge < -0.3 is 5.32 Å². The first-order chi connectivity index (χ1) is 8.83. The minimum Gasteiger partial charge on any atom is -0.308 e. The van der Waals surface area contributed by atoms with E-state index in [1.807, 2.05) is 12.4 Å². The molecular formula is C15H19N3. The summed E-state index contributed by atoms with van der Waals surface area (Å²) in [6.07, 6.45) is 6.61. The normalized spacial score (nSPS) is 10.5. The molecule has 18 heavy (non-hydrogen) atoms. The average Bonchev–Trinajstić information content (AvgIpc) is 2.87. The van der Waals surface area contributed by atoms with Crippen LogP contribution in [0.25, 0.3) is 6.20 Å². The molecule has 0 bridgehead atoms. The van der Waals surface area contributed by atoms with Crippen LogP contribution < -0.4 is 5.32 Å². The van der Waals surface area contributed by atoms with E-state index >= 15 is 0 Å². The fraction of sp³-hybridized carbons (Fsp3) is 0.267. The van der Waals surface area contributed by atoms with Crippen molar-refractivity contribution in [3.63, 3.8) is 0 Å². The van der Waals surface area contributed by atoms with Gasteiger partial charge in [0.1, 0.15) is 0 Å². The molecule has 3 nitrogen and oxygen atoms in total. The van der Waals surface area contributed by atoms with Crippen molar-refractivity contribution in [3.8, 4) is 0 Å². The molecule has 0 saturated carbocycles. The molecule has 1 heterocycles. The number of nitrogens with zero attached hydrogens (tertiary/aromatic N) is 2. The molecule has 0 spiro atoms. The number of nitrogens with one attached hydrogen (secondary N) is 1. The summed E-state index contributed by atoms with van der Waals surface area (Å²) in [4.78, 5) is 0. The molecule has 0 fully saturated rings. The lowest BCUT2D eigenvalue weighted by atomic mass is 10.1. The highest BCUT2D eigenvalue weighted by Crippen LogP contribution is 2.09. The Morgan fingerprint density at radius 1 is 1.28 bits per heavy atom. The number of rotatable bonds is 6. The van der Waals surface area contributed by atoms with Crippen LogP contribution in [-0.2, 0) is 19.5 Å². The van der Waals surface area contributed by atoms with Gasteiger partial charge in [-0.25, -0.2) is 4.68 Å². The van der Waals surface area contributed by atoms with Crippen molar-refractivity contribution in [3.05, 3.63) is 59.9 Å². The Hall–Kier alpha value is -1.87. The van der Waals surface area contributed by atoms with E-state index in [0.717, 1.165) is 19.5 Å². The van der Waals surface area contributed by atoms with Crippen LogP contribution in [0.5, 0.6) is 0 Å². The highest BCUT2D eigenvalue weighted by molar-refractivity contribution is 5.27. The van der Waals surface area contributed by atoms with Crippen molar-refractivity contribution in [2.24, 2.45) is 0 Å². The van der Waals surface area contributed by atoms with Crippen LogP contribution in [0.15, 0.2) is 43.2 Å². The lowest BCUT2D eigenvalue weighted by molar-refractivity contribution is 0.688. The predicted octanol–water partition coefficient (Wildman–Crippen LogP) is 2.84. The van der Waals surface area contributed by atoms with E-state index < -0.39 is 0 Å². The van der Waals surface area contributed by atoms with Gasteiger partial charge in [-0.2, -0.15) is 5.10 Å². The maximum Gasteiger partial charge on any atom is 0.0538 e. The maximum atomic E-state index is 4.15. The Labute approximate surface area is 108 Å². The van der Waals surface area contributed by atoms with Crippen LogP contribution in [0.1, 0.15) is 23.6 Å². The molecule has 0 aliphatic rings. The number of aromatic nitrogens is 2. The van der Waals surface area contributed by atoms with E-state index in [2.05, 4.69) is 48.2 Å². The van der Waals surface area contributed by atoms with Crippen LogP contribution in [0, 0.1) is 0 Å². The van der Waals surface area contributed by atoms with Gasteiger partial charge in [0, 0.05) is 31.0 Å². The van der Waals surface area contributed by atoms with Gasteiger partial charge >= 0.3 is 0 Å². The third-order valence-electron chi connectivity index (χ3n) is 2.99. The molecule has 0 amide bonds. The highest BCUT2D eigenvalue weighted by Gasteiger charge is 2.00. The first kappa shape index (κ1) is 12.6. The summed E-state index contributed by atoms with van der Waals surface area (Å²) in [6, 6.07) is 8.55. The van der Waals surface area contributed by atoms with Gasteiger partial charge in [0.15, 0.2) is 0 Å². The summed E-state index contributed by atoms with van der Waals surface area (Å²) in [5, 5.41) is 7.60. The minimum atomic E-state index is 0.825. The summed E-state index contributed by atoms with van der Waals surface area (Å²) in [7, 11) is 0. The number of hydrogen-bond acceptors (Lipinski definition) is 2. The Morgan fingerprint density at radius 3 is 2.72 bits per heavy atom. The summed E-state index contributed by atoms with van der Waals surface area (Å²) >= 11 is 0. The van der Waals surface area contributed by atoms with Gasteiger partial charge in [0.2, 0.25) is 0 Å². The van der Waals surface area contributed by atoms with Crippen molar-refractivity contribution in [1.29, 1.82) is 0 Å². The molecule has 3 heteroatoms.